The van der Waals surface area contributed by atoms with Crippen molar-refractivity contribution in [3.8, 4) is 0 Å². The Bertz CT molecular complexity index is 903. The Balaban J connectivity index is 2.19. The zero-order chi connectivity index (χ0) is 17.5. The Hall–Kier alpha value is -2.67. The van der Waals surface area contributed by atoms with Crippen molar-refractivity contribution in [2.75, 3.05) is 5.32 Å². The lowest BCUT2D eigenvalue weighted by molar-refractivity contribution is 0.0943. The van der Waals surface area contributed by atoms with Gasteiger partial charge < -0.3 is 10.6 Å². The average Bonchev–Trinajstić information content (AvgIpc) is 2.76. The summed E-state index contributed by atoms with van der Waals surface area (Å²) in [7, 11) is 0. The third-order valence-corrected chi connectivity index (χ3v) is 3.90. The smallest absolute Gasteiger partial charge is 0.277 e. The van der Waals surface area contributed by atoms with Crippen molar-refractivity contribution in [1.82, 2.24) is 19.9 Å². The first-order chi connectivity index (χ1) is 11.3. The summed E-state index contributed by atoms with van der Waals surface area (Å²) in [6.07, 6.45) is 4.74. The number of hydrogen-bond acceptors (Lipinski definition) is 5. The van der Waals surface area contributed by atoms with Crippen molar-refractivity contribution >= 4 is 29.0 Å². The number of hydrogen-bond donors (Lipinski definition) is 2. The molecule has 2 aromatic heterocycles. The van der Waals surface area contributed by atoms with Crippen LogP contribution in [0.15, 0.2) is 41.1 Å². The van der Waals surface area contributed by atoms with E-state index in [9.17, 15) is 9.59 Å². The van der Waals surface area contributed by atoms with Crippen molar-refractivity contribution in [2.24, 2.45) is 0 Å². The number of aromatic nitrogens is 3. The predicted octanol–water partition coefficient (Wildman–Crippen LogP) is 2.42. The van der Waals surface area contributed by atoms with Gasteiger partial charge in [0.25, 0.3) is 11.5 Å². The molecular weight excluding hydrogens is 330 g/mol. The predicted molar refractivity (Wildman–Crippen MR) is 91.6 cm³/mol. The number of rotatable bonds is 3. The summed E-state index contributed by atoms with van der Waals surface area (Å²) >= 11 is 6.26. The van der Waals surface area contributed by atoms with E-state index in [-0.39, 0.29) is 27.9 Å². The molecule has 2 N–H and O–H groups in total. The van der Waals surface area contributed by atoms with Crippen LogP contribution >= 0.6 is 11.6 Å². The second-order valence-corrected chi connectivity index (χ2v) is 6.35. The van der Waals surface area contributed by atoms with Crippen LogP contribution in [0.4, 0.5) is 11.5 Å². The maximum atomic E-state index is 12.9. The van der Waals surface area contributed by atoms with Gasteiger partial charge in [-0.2, -0.15) is 0 Å². The third kappa shape index (κ3) is 2.67. The van der Waals surface area contributed by atoms with Gasteiger partial charge in [0.2, 0.25) is 0 Å². The Morgan fingerprint density at radius 1 is 1.42 bits per heavy atom. The molecule has 0 fully saturated rings. The number of carbonyl (C=O) groups is 1. The van der Waals surface area contributed by atoms with Gasteiger partial charge in [0, 0.05) is 6.20 Å². The van der Waals surface area contributed by atoms with Gasteiger partial charge in [-0.1, -0.05) is 17.2 Å². The molecule has 24 heavy (non-hydrogen) atoms. The molecule has 0 bridgehead atoms. The van der Waals surface area contributed by atoms with Crippen molar-refractivity contribution < 1.29 is 4.79 Å². The topological polar surface area (TPSA) is 88.9 Å². The van der Waals surface area contributed by atoms with E-state index < -0.39 is 5.66 Å². The standard InChI is InChI=1S/C16H16ClN5O2/c1-9(2)7-16(3)21-14(23)13-10(17)6-11(15(24)22(13)16)20-12-4-5-18-8-19-12/h4-8H,1-3H3,(H,21,23)(H,18,19,20). The SMILES string of the molecule is CC(C)=CC1(C)NC(=O)c2c(Cl)cc(Nc3ccncn3)c(=O)n21. The summed E-state index contributed by atoms with van der Waals surface area (Å²) in [5.41, 5.74) is -0.00793. The van der Waals surface area contributed by atoms with Crippen molar-refractivity contribution in [3.63, 3.8) is 0 Å². The van der Waals surface area contributed by atoms with Crippen molar-refractivity contribution in [3.05, 3.63) is 57.4 Å². The molecule has 124 valence electrons. The average molecular weight is 346 g/mol. The molecule has 1 aliphatic heterocycles. The van der Waals surface area contributed by atoms with Crippen LogP contribution < -0.4 is 16.2 Å². The molecule has 0 radical (unpaired) electrons. The van der Waals surface area contributed by atoms with Gasteiger partial charge in [-0.05, 0) is 39.0 Å². The van der Waals surface area contributed by atoms with E-state index in [2.05, 4.69) is 20.6 Å². The van der Waals surface area contributed by atoms with Crippen LogP contribution in [0.3, 0.4) is 0 Å². The molecule has 0 aromatic carbocycles. The molecule has 0 saturated heterocycles. The van der Waals surface area contributed by atoms with Crippen molar-refractivity contribution in [1.29, 1.82) is 0 Å². The molecular formula is C16H16ClN5O2. The lowest BCUT2D eigenvalue weighted by Crippen LogP contribution is -2.43. The molecule has 2 aromatic rings. The van der Waals surface area contributed by atoms with Gasteiger partial charge in [-0.3, -0.25) is 14.2 Å². The summed E-state index contributed by atoms with van der Waals surface area (Å²) in [6, 6.07) is 3.07. The Morgan fingerprint density at radius 3 is 2.79 bits per heavy atom. The quantitative estimate of drug-likeness (QED) is 0.834. The number of carbonyl (C=O) groups excluding carboxylic acids is 1. The Kier molecular flexibility index (Phi) is 3.88. The zero-order valence-electron chi connectivity index (χ0n) is 13.4. The van der Waals surface area contributed by atoms with Gasteiger partial charge in [0.05, 0.1) is 5.02 Å². The van der Waals surface area contributed by atoms with E-state index in [1.54, 1.807) is 19.2 Å². The summed E-state index contributed by atoms with van der Waals surface area (Å²) in [4.78, 5) is 33.1. The normalized spacial score (nSPS) is 18.8. The highest BCUT2D eigenvalue weighted by atomic mass is 35.5. The number of allylic oxidation sites excluding steroid dienone is 1. The zero-order valence-corrected chi connectivity index (χ0v) is 14.2. The number of nitrogens with zero attached hydrogens (tertiary/aromatic N) is 3. The maximum absolute atomic E-state index is 12.9. The van der Waals surface area contributed by atoms with Gasteiger partial charge in [0.1, 0.15) is 29.2 Å². The molecule has 3 heterocycles. The fourth-order valence-electron chi connectivity index (χ4n) is 2.84. The molecule has 7 nitrogen and oxygen atoms in total. The molecule has 3 rings (SSSR count). The number of pyridine rings is 1. The lowest BCUT2D eigenvalue weighted by atomic mass is 10.1. The largest absolute Gasteiger partial charge is 0.336 e. The molecule has 1 aliphatic rings. The third-order valence-electron chi connectivity index (χ3n) is 3.62. The molecule has 1 amide bonds. The Morgan fingerprint density at radius 2 is 2.17 bits per heavy atom. The first kappa shape index (κ1) is 16.2. The second-order valence-electron chi connectivity index (χ2n) is 5.94. The Labute approximate surface area is 143 Å². The van der Waals surface area contributed by atoms with Crippen molar-refractivity contribution in [2.45, 2.75) is 26.4 Å². The molecule has 1 atom stereocenters. The van der Waals surface area contributed by atoms with E-state index in [4.69, 9.17) is 11.6 Å². The van der Waals surface area contributed by atoms with E-state index in [0.717, 1.165) is 5.57 Å². The highest BCUT2D eigenvalue weighted by Crippen LogP contribution is 2.30. The molecule has 0 aliphatic carbocycles. The summed E-state index contributed by atoms with van der Waals surface area (Å²) in [5, 5.41) is 5.92. The van der Waals surface area contributed by atoms with E-state index in [0.29, 0.717) is 5.82 Å². The monoisotopic (exact) mass is 345 g/mol. The number of nitrogens with one attached hydrogen (secondary N) is 2. The van der Waals surface area contributed by atoms with Gasteiger partial charge >= 0.3 is 0 Å². The number of fused-ring (bicyclic) bond motifs is 1. The second kappa shape index (κ2) is 5.76. The van der Waals surface area contributed by atoms with Crippen LogP contribution in [0.25, 0.3) is 0 Å². The van der Waals surface area contributed by atoms with E-state index in [1.807, 2.05) is 19.9 Å². The number of anilines is 2. The number of amides is 1. The summed E-state index contributed by atoms with van der Waals surface area (Å²) in [5.74, 6) is 0.0746. The summed E-state index contributed by atoms with van der Waals surface area (Å²) in [6.45, 7) is 5.54. The van der Waals surface area contributed by atoms with Crippen LogP contribution in [-0.2, 0) is 5.66 Å². The number of halogens is 1. The van der Waals surface area contributed by atoms with Gasteiger partial charge in [-0.25, -0.2) is 9.97 Å². The van der Waals surface area contributed by atoms with Crippen LogP contribution in [-0.4, -0.2) is 20.4 Å². The molecule has 1 unspecified atom stereocenters. The van der Waals surface area contributed by atoms with Crippen LogP contribution in [0.1, 0.15) is 31.3 Å². The summed E-state index contributed by atoms with van der Waals surface area (Å²) < 4.78 is 1.37. The lowest BCUT2D eigenvalue weighted by Gasteiger charge is -2.24. The minimum Gasteiger partial charge on any atom is -0.336 e. The highest BCUT2D eigenvalue weighted by molar-refractivity contribution is 6.34. The van der Waals surface area contributed by atoms with E-state index >= 15 is 0 Å². The molecule has 0 spiro atoms. The highest BCUT2D eigenvalue weighted by Gasteiger charge is 2.40. The fraction of sp³-hybridized carbons (Fsp3) is 0.250. The van der Waals surface area contributed by atoms with E-state index in [1.165, 1.54) is 17.0 Å². The van der Waals surface area contributed by atoms with Crippen LogP contribution in [0.5, 0.6) is 0 Å². The van der Waals surface area contributed by atoms with Crippen LogP contribution in [0.2, 0.25) is 5.02 Å². The molecule has 0 saturated carbocycles. The minimum atomic E-state index is -0.977. The van der Waals surface area contributed by atoms with Crippen LogP contribution in [0, 0.1) is 0 Å². The first-order valence-corrected chi connectivity index (χ1v) is 7.67. The molecule has 8 heteroatoms. The first-order valence-electron chi connectivity index (χ1n) is 7.29. The maximum Gasteiger partial charge on any atom is 0.277 e. The fourth-order valence-corrected chi connectivity index (χ4v) is 3.12. The minimum absolute atomic E-state index is 0.148. The van der Waals surface area contributed by atoms with Gasteiger partial charge in [0.15, 0.2) is 0 Å². The van der Waals surface area contributed by atoms with Gasteiger partial charge in [-0.15, -0.1) is 0 Å².